The van der Waals surface area contributed by atoms with Crippen LogP contribution in [0.1, 0.15) is 28.8 Å². The van der Waals surface area contributed by atoms with Crippen LogP contribution in [0.4, 0.5) is 4.39 Å². The van der Waals surface area contributed by atoms with E-state index in [-0.39, 0.29) is 18.2 Å². The Kier molecular flexibility index (Phi) is 6.69. The highest BCUT2D eigenvalue weighted by Crippen LogP contribution is 2.26. The largest absolute Gasteiger partial charge is 0.343 e. The number of amides is 1. The van der Waals surface area contributed by atoms with Gasteiger partial charge in [-0.1, -0.05) is 72.8 Å². The third kappa shape index (κ3) is 5.20. The van der Waals surface area contributed by atoms with E-state index in [1.165, 1.54) is 23.4 Å². The second-order valence-corrected chi connectivity index (χ2v) is 7.74. The van der Waals surface area contributed by atoms with E-state index < -0.39 is 17.8 Å². The first-order chi connectivity index (χ1) is 16.0. The second-order valence-electron chi connectivity index (χ2n) is 7.74. The number of aromatic nitrogens is 3. The Bertz CT molecular complexity index is 1230. The number of rotatable bonds is 8. The maximum Gasteiger partial charge on any atom is 0.227 e. The predicted octanol–water partition coefficient (Wildman–Crippen LogP) is 4.26. The standard InChI is InChI=1S/C26H23FN4O2/c1-18(21-12-13-22(23(27)14-21)19-8-4-2-5-9-19)26(33)30-24(15-31-17-28-16-29-31)25(32)20-10-6-3-7-11-20/h2-14,16-18,24H,15H2,1H3,(H,30,33)/t18-,24?/m0/s1. The van der Waals surface area contributed by atoms with Crippen LogP contribution >= 0.6 is 0 Å². The minimum absolute atomic E-state index is 0.132. The molecule has 0 spiro atoms. The minimum Gasteiger partial charge on any atom is -0.343 e. The lowest BCUT2D eigenvalue weighted by atomic mass is 9.95. The van der Waals surface area contributed by atoms with Gasteiger partial charge >= 0.3 is 0 Å². The summed E-state index contributed by atoms with van der Waals surface area (Å²) in [5.41, 5.74) is 2.24. The van der Waals surface area contributed by atoms with E-state index in [9.17, 15) is 14.0 Å². The smallest absolute Gasteiger partial charge is 0.227 e. The number of carbonyl (C=O) groups is 2. The molecule has 0 saturated carbocycles. The van der Waals surface area contributed by atoms with Gasteiger partial charge in [0.05, 0.1) is 12.5 Å². The Hall–Kier alpha value is -4.13. The molecule has 0 fully saturated rings. The number of halogens is 1. The summed E-state index contributed by atoms with van der Waals surface area (Å²) in [4.78, 5) is 30.0. The molecule has 4 rings (SSSR count). The number of hydrogen-bond acceptors (Lipinski definition) is 4. The van der Waals surface area contributed by atoms with Gasteiger partial charge in [-0.15, -0.1) is 0 Å². The quantitative estimate of drug-likeness (QED) is 0.414. The Morgan fingerprint density at radius 1 is 1.00 bits per heavy atom. The molecule has 2 atom stereocenters. The molecule has 166 valence electrons. The lowest BCUT2D eigenvalue weighted by Crippen LogP contribution is -2.45. The molecule has 0 saturated heterocycles. The topological polar surface area (TPSA) is 76.9 Å². The summed E-state index contributed by atoms with van der Waals surface area (Å²) < 4.78 is 16.3. The normalized spacial score (nSPS) is 12.7. The van der Waals surface area contributed by atoms with E-state index >= 15 is 0 Å². The Labute approximate surface area is 191 Å². The van der Waals surface area contributed by atoms with Gasteiger partial charge in [-0.25, -0.2) is 9.37 Å². The van der Waals surface area contributed by atoms with Crippen molar-refractivity contribution in [2.45, 2.75) is 25.4 Å². The number of hydrogen-bond donors (Lipinski definition) is 1. The van der Waals surface area contributed by atoms with Crippen molar-refractivity contribution < 1.29 is 14.0 Å². The van der Waals surface area contributed by atoms with Crippen molar-refractivity contribution in [2.75, 3.05) is 0 Å². The SMILES string of the molecule is C[C@H](C(=O)NC(Cn1cncn1)C(=O)c1ccccc1)c1ccc(-c2ccccc2)c(F)c1. The van der Waals surface area contributed by atoms with Crippen molar-refractivity contribution in [3.8, 4) is 11.1 Å². The molecular formula is C26H23FN4O2. The first-order valence-electron chi connectivity index (χ1n) is 10.6. The number of carbonyl (C=O) groups excluding carboxylic acids is 2. The van der Waals surface area contributed by atoms with Crippen LogP contribution in [0.2, 0.25) is 0 Å². The van der Waals surface area contributed by atoms with E-state index in [2.05, 4.69) is 15.4 Å². The molecule has 0 aliphatic carbocycles. The van der Waals surface area contributed by atoms with Gasteiger partial charge < -0.3 is 5.32 Å². The maximum atomic E-state index is 14.8. The van der Waals surface area contributed by atoms with Crippen molar-refractivity contribution >= 4 is 11.7 Å². The lowest BCUT2D eigenvalue weighted by molar-refractivity contribution is -0.122. The maximum absolute atomic E-state index is 14.8. The van der Waals surface area contributed by atoms with Crippen molar-refractivity contribution in [1.29, 1.82) is 0 Å². The fourth-order valence-corrected chi connectivity index (χ4v) is 3.61. The van der Waals surface area contributed by atoms with Crippen LogP contribution in [-0.4, -0.2) is 32.5 Å². The third-order valence-corrected chi connectivity index (χ3v) is 5.50. The summed E-state index contributed by atoms with van der Waals surface area (Å²) in [6.07, 6.45) is 2.85. The molecule has 1 unspecified atom stereocenters. The molecule has 1 aromatic heterocycles. The van der Waals surface area contributed by atoms with Crippen molar-refractivity contribution in [3.05, 3.63) is 108 Å². The third-order valence-electron chi connectivity index (χ3n) is 5.50. The Morgan fingerprint density at radius 2 is 1.70 bits per heavy atom. The van der Waals surface area contributed by atoms with Crippen molar-refractivity contribution in [2.24, 2.45) is 0 Å². The van der Waals surface area contributed by atoms with E-state index in [1.807, 2.05) is 36.4 Å². The van der Waals surface area contributed by atoms with Crippen LogP contribution in [0.15, 0.2) is 91.5 Å². The van der Waals surface area contributed by atoms with Gasteiger partial charge in [-0.2, -0.15) is 5.10 Å². The van der Waals surface area contributed by atoms with Crippen LogP contribution in [0.5, 0.6) is 0 Å². The number of Topliss-reactive ketones (excluding diaryl/α,β-unsaturated/α-hetero) is 1. The van der Waals surface area contributed by atoms with Gasteiger partial charge in [-0.05, 0) is 24.1 Å². The number of nitrogens with zero attached hydrogens (tertiary/aromatic N) is 3. The monoisotopic (exact) mass is 442 g/mol. The average Bonchev–Trinajstić information content (AvgIpc) is 3.37. The van der Waals surface area contributed by atoms with Gasteiger partial charge in [-0.3, -0.25) is 14.3 Å². The molecule has 0 aliphatic heterocycles. The predicted molar refractivity (Wildman–Crippen MR) is 123 cm³/mol. The fourth-order valence-electron chi connectivity index (χ4n) is 3.61. The fraction of sp³-hybridized carbons (Fsp3) is 0.154. The Morgan fingerprint density at radius 3 is 2.33 bits per heavy atom. The molecule has 0 aliphatic rings. The van der Waals surface area contributed by atoms with Crippen LogP contribution in [0.3, 0.4) is 0 Å². The first-order valence-corrected chi connectivity index (χ1v) is 10.6. The molecule has 7 heteroatoms. The van der Waals surface area contributed by atoms with Gasteiger partial charge in [0, 0.05) is 11.1 Å². The zero-order chi connectivity index (χ0) is 23.2. The highest BCUT2D eigenvalue weighted by Gasteiger charge is 2.26. The van der Waals surface area contributed by atoms with E-state index in [0.717, 1.165) is 5.56 Å². The van der Waals surface area contributed by atoms with Crippen LogP contribution in [-0.2, 0) is 11.3 Å². The summed E-state index contributed by atoms with van der Waals surface area (Å²) in [6, 6.07) is 21.9. The highest BCUT2D eigenvalue weighted by atomic mass is 19.1. The molecule has 0 radical (unpaired) electrons. The summed E-state index contributed by atoms with van der Waals surface area (Å²) in [6.45, 7) is 1.82. The summed E-state index contributed by atoms with van der Waals surface area (Å²) in [7, 11) is 0. The number of ketones is 1. The van der Waals surface area contributed by atoms with Crippen molar-refractivity contribution in [1.82, 2.24) is 20.1 Å². The van der Waals surface area contributed by atoms with E-state index in [4.69, 9.17) is 0 Å². The molecule has 6 nitrogen and oxygen atoms in total. The number of benzene rings is 3. The molecule has 1 amide bonds. The highest BCUT2D eigenvalue weighted by molar-refractivity contribution is 6.02. The molecule has 1 N–H and O–H groups in total. The minimum atomic E-state index is -0.850. The van der Waals surface area contributed by atoms with Gasteiger partial charge in [0.2, 0.25) is 5.91 Å². The van der Waals surface area contributed by atoms with Crippen LogP contribution in [0.25, 0.3) is 11.1 Å². The molecular weight excluding hydrogens is 419 g/mol. The Balaban J connectivity index is 1.53. The molecule has 1 heterocycles. The zero-order valence-electron chi connectivity index (χ0n) is 18.1. The summed E-state index contributed by atoms with van der Waals surface area (Å²) in [5.74, 6) is -1.68. The molecule has 3 aromatic carbocycles. The first kappa shape index (κ1) is 22.1. The average molecular weight is 442 g/mol. The van der Waals surface area contributed by atoms with Crippen molar-refractivity contribution in [3.63, 3.8) is 0 Å². The van der Waals surface area contributed by atoms with Gasteiger partial charge in [0.1, 0.15) is 24.5 Å². The summed E-state index contributed by atoms with van der Waals surface area (Å²) in [5, 5.41) is 6.86. The molecule has 0 bridgehead atoms. The summed E-state index contributed by atoms with van der Waals surface area (Å²) >= 11 is 0. The lowest BCUT2D eigenvalue weighted by Gasteiger charge is -2.21. The van der Waals surface area contributed by atoms with Crippen LogP contribution < -0.4 is 5.32 Å². The van der Waals surface area contributed by atoms with E-state index in [0.29, 0.717) is 16.7 Å². The van der Waals surface area contributed by atoms with Crippen LogP contribution in [0, 0.1) is 5.82 Å². The number of nitrogens with one attached hydrogen (secondary N) is 1. The zero-order valence-corrected chi connectivity index (χ0v) is 18.1. The van der Waals surface area contributed by atoms with E-state index in [1.54, 1.807) is 43.3 Å². The van der Waals surface area contributed by atoms with Gasteiger partial charge in [0.25, 0.3) is 0 Å². The van der Waals surface area contributed by atoms with Gasteiger partial charge in [0.15, 0.2) is 5.78 Å². The second kappa shape index (κ2) is 9.99. The molecule has 33 heavy (non-hydrogen) atoms. The molecule has 4 aromatic rings.